The number of nitrogens with one attached hydrogen (secondary N) is 1. The predicted octanol–water partition coefficient (Wildman–Crippen LogP) is 2.47. The zero-order chi connectivity index (χ0) is 24.4. The maximum Gasteiger partial charge on any atom is 0.312 e. The molecular formula is C27H29N5O3. The van der Waals surface area contributed by atoms with Crippen LogP contribution in [0.15, 0.2) is 60.8 Å². The Morgan fingerprint density at radius 2 is 1.57 bits per heavy atom. The molecule has 0 atom stereocenters. The average Bonchev–Trinajstić information content (AvgIpc) is 3.61. The fraction of sp³-hybridized carbons (Fsp3) is 0.333. The van der Waals surface area contributed by atoms with E-state index in [1.54, 1.807) is 9.58 Å². The lowest BCUT2D eigenvalue weighted by atomic mass is 10.1. The highest BCUT2D eigenvalue weighted by atomic mass is 16.2. The van der Waals surface area contributed by atoms with Crippen molar-refractivity contribution in [2.24, 2.45) is 0 Å². The molecule has 8 nitrogen and oxygen atoms in total. The van der Waals surface area contributed by atoms with Gasteiger partial charge in [0.2, 0.25) is 0 Å². The molecule has 0 spiro atoms. The summed E-state index contributed by atoms with van der Waals surface area (Å²) in [6.45, 7) is 4.00. The van der Waals surface area contributed by atoms with Crippen LogP contribution in [-0.2, 0) is 16.1 Å². The van der Waals surface area contributed by atoms with Crippen molar-refractivity contribution in [1.29, 1.82) is 0 Å². The molecule has 8 heteroatoms. The summed E-state index contributed by atoms with van der Waals surface area (Å²) in [6, 6.07) is 18.1. The minimum atomic E-state index is -0.545. The zero-order valence-corrected chi connectivity index (χ0v) is 19.8. The Bertz CT molecular complexity index is 1220. The van der Waals surface area contributed by atoms with Crippen LogP contribution >= 0.6 is 0 Å². The Balaban J connectivity index is 1.33. The van der Waals surface area contributed by atoms with Crippen LogP contribution < -0.4 is 5.32 Å². The molecule has 0 unspecified atom stereocenters. The molecular weight excluding hydrogens is 442 g/mol. The third-order valence-corrected chi connectivity index (χ3v) is 6.47. The molecule has 5 rings (SSSR count). The lowest BCUT2D eigenvalue weighted by molar-refractivity contribution is -0.146. The number of hydrogen-bond acceptors (Lipinski definition) is 4. The standard InChI is InChI=1S/C27H29N5O3/c1-19-7-9-21(10-8-19)24-23(18-32(29-24)17-20-5-3-2-4-6-20)26(34)30-13-15-31(16-14-30)27(35)25(33)28-22-11-12-22/h2-10,18,22H,11-17H2,1H3,(H,28,33). The molecule has 180 valence electrons. The van der Waals surface area contributed by atoms with E-state index in [9.17, 15) is 14.4 Å². The van der Waals surface area contributed by atoms with Crippen LogP contribution in [0.25, 0.3) is 11.3 Å². The van der Waals surface area contributed by atoms with Gasteiger partial charge in [-0.05, 0) is 25.3 Å². The number of carbonyl (C=O) groups excluding carboxylic acids is 3. The van der Waals surface area contributed by atoms with E-state index in [1.807, 2.05) is 67.7 Å². The van der Waals surface area contributed by atoms with E-state index in [4.69, 9.17) is 5.10 Å². The maximum absolute atomic E-state index is 13.6. The highest BCUT2D eigenvalue weighted by Crippen LogP contribution is 2.25. The highest BCUT2D eigenvalue weighted by Gasteiger charge is 2.32. The third-order valence-electron chi connectivity index (χ3n) is 6.47. The van der Waals surface area contributed by atoms with E-state index in [2.05, 4.69) is 5.32 Å². The van der Waals surface area contributed by atoms with Crippen LogP contribution in [0, 0.1) is 6.92 Å². The minimum absolute atomic E-state index is 0.116. The van der Waals surface area contributed by atoms with Gasteiger partial charge in [0.05, 0.1) is 12.1 Å². The first-order valence-electron chi connectivity index (χ1n) is 12.1. The average molecular weight is 472 g/mol. The Morgan fingerprint density at radius 1 is 0.914 bits per heavy atom. The Kier molecular flexibility index (Phi) is 6.35. The van der Waals surface area contributed by atoms with E-state index in [-0.39, 0.29) is 11.9 Å². The largest absolute Gasteiger partial charge is 0.345 e. The Morgan fingerprint density at radius 3 is 2.23 bits per heavy atom. The Hall–Kier alpha value is -3.94. The van der Waals surface area contributed by atoms with Crippen molar-refractivity contribution in [3.8, 4) is 11.3 Å². The summed E-state index contributed by atoms with van der Waals surface area (Å²) in [4.78, 5) is 41.4. The highest BCUT2D eigenvalue weighted by molar-refractivity contribution is 6.35. The van der Waals surface area contributed by atoms with Gasteiger partial charge in [-0.2, -0.15) is 5.10 Å². The van der Waals surface area contributed by atoms with Gasteiger partial charge in [0.15, 0.2) is 0 Å². The van der Waals surface area contributed by atoms with Gasteiger partial charge in [0, 0.05) is 44.0 Å². The maximum atomic E-state index is 13.6. The summed E-state index contributed by atoms with van der Waals surface area (Å²) in [5.74, 6) is -1.18. The molecule has 1 saturated carbocycles. The molecule has 1 aliphatic heterocycles. The van der Waals surface area contributed by atoms with Crippen LogP contribution in [0.4, 0.5) is 0 Å². The van der Waals surface area contributed by atoms with Crippen LogP contribution in [0.3, 0.4) is 0 Å². The minimum Gasteiger partial charge on any atom is -0.345 e. The van der Waals surface area contributed by atoms with Gasteiger partial charge in [-0.25, -0.2) is 0 Å². The van der Waals surface area contributed by atoms with Crippen molar-refractivity contribution in [2.45, 2.75) is 32.4 Å². The monoisotopic (exact) mass is 471 g/mol. The molecule has 2 heterocycles. The zero-order valence-electron chi connectivity index (χ0n) is 19.8. The molecule has 2 fully saturated rings. The lowest BCUT2D eigenvalue weighted by Crippen LogP contribution is -2.54. The van der Waals surface area contributed by atoms with Crippen molar-refractivity contribution in [3.63, 3.8) is 0 Å². The summed E-state index contributed by atoms with van der Waals surface area (Å²) < 4.78 is 1.81. The molecule has 1 aliphatic carbocycles. The number of aryl methyl sites for hydroxylation is 1. The second-order valence-corrected chi connectivity index (χ2v) is 9.27. The van der Waals surface area contributed by atoms with Gasteiger partial charge in [-0.15, -0.1) is 0 Å². The van der Waals surface area contributed by atoms with Gasteiger partial charge in [0.1, 0.15) is 5.69 Å². The summed E-state index contributed by atoms with van der Waals surface area (Å²) >= 11 is 0. The van der Waals surface area contributed by atoms with E-state index >= 15 is 0 Å². The van der Waals surface area contributed by atoms with Crippen molar-refractivity contribution in [3.05, 3.63) is 77.5 Å². The van der Waals surface area contributed by atoms with Gasteiger partial charge in [-0.3, -0.25) is 19.1 Å². The molecule has 0 bridgehead atoms. The van der Waals surface area contributed by atoms with E-state index in [0.717, 1.165) is 29.5 Å². The molecule has 2 aliphatic rings. The third kappa shape index (κ3) is 5.26. The van der Waals surface area contributed by atoms with E-state index < -0.39 is 11.8 Å². The van der Waals surface area contributed by atoms with Crippen LogP contribution in [0.1, 0.15) is 34.3 Å². The molecule has 35 heavy (non-hydrogen) atoms. The molecule has 2 aromatic carbocycles. The van der Waals surface area contributed by atoms with Crippen LogP contribution in [0.2, 0.25) is 0 Å². The summed E-state index contributed by atoms with van der Waals surface area (Å²) in [6.07, 6.45) is 3.68. The molecule has 1 N–H and O–H groups in total. The first kappa shape index (κ1) is 22.8. The lowest BCUT2D eigenvalue weighted by Gasteiger charge is -2.34. The SMILES string of the molecule is Cc1ccc(-c2nn(Cc3ccccc3)cc2C(=O)N2CCN(C(=O)C(=O)NC3CC3)CC2)cc1. The molecule has 3 aromatic rings. The number of benzene rings is 2. The number of nitrogens with zero attached hydrogens (tertiary/aromatic N) is 4. The van der Waals surface area contributed by atoms with Crippen molar-refractivity contribution in [2.75, 3.05) is 26.2 Å². The molecule has 0 radical (unpaired) electrons. The molecule has 1 saturated heterocycles. The number of carbonyl (C=O) groups is 3. The normalized spacial score (nSPS) is 15.7. The quantitative estimate of drug-likeness (QED) is 0.579. The van der Waals surface area contributed by atoms with E-state index in [1.165, 1.54) is 4.90 Å². The number of rotatable bonds is 5. The fourth-order valence-corrected chi connectivity index (χ4v) is 4.26. The summed E-state index contributed by atoms with van der Waals surface area (Å²) in [7, 11) is 0. The van der Waals surface area contributed by atoms with Crippen molar-refractivity contribution < 1.29 is 14.4 Å². The van der Waals surface area contributed by atoms with Gasteiger partial charge in [0.25, 0.3) is 5.91 Å². The molecule has 3 amide bonds. The number of hydrogen-bond donors (Lipinski definition) is 1. The summed E-state index contributed by atoms with van der Waals surface area (Å²) in [5, 5.41) is 7.51. The molecule has 1 aromatic heterocycles. The van der Waals surface area contributed by atoms with Crippen LogP contribution in [0.5, 0.6) is 0 Å². The second-order valence-electron chi connectivity index (χ2n) is 9.27. The summed E-state index contributed by atoms with van der Waals surface area (Å²) in [5.41, 5.74) is 4.30. The van der Waals surface area contributed by atoms with Crippen molar-refractivity contribution >= 4 is 17.7 Å². The number of amides is 3. The van der Waals surface area contributed by atoms with E-state index in [0.29, 0.717) is 44.0 Å². The first-order chi connectivity index (χ1) is 17.0. The van der Waals surface area contributed by atoms with Crippen molar-refractivity contribution in [1.82, 2.24) is 24.9 Å². The van der Waals surface area contributed by atoms with Gasteiger partial charge in [-0.1, -0.05) is 60.2 Å². The smallest absolute Gasteiger partial charge is 0.312 e. The number of aromatic nitrogens is 2. The van der Waals surface area contributed by atoms with Crippen LogP contribution in [-0.4, -0.2) is 69.5 Å². The predicted molar refractivity (Wildman–Crippen MR) is 132 cm³/mol. The fourth-order valence-electron chi connectivity index (χ4n) is 4.26. The van der Waals surface area contributed by atoms with Gasteiger partial charge >= 0.3 is 11.8 Å². The second kappa shape index (κ2) is 9.74. The number of piperazine rings is 1. The first-order valence-corrected chi connectivity index (χ1v) is 12.1. The Labute approximate surface area is 204 Å². The van der Waals surface area contributed by atoms with Gasteiger partial charge < -0.3 is 15.1 Å². The topological polar surface area (TPSA) is 87.5 Å².